The van der Waals surface area contributed by atoms with Gasteiger partial charge in [0.2, 0.25) is 0 Å². The topological polar surface area (TPSA) is 50.9 Å². The molecular weight excluding hydrogens is 294 g/mol. The summed E-state index contributed by atoms with van der Waals surface area (Å²) in [7, 11) is 0. The molecule has 0 amide bonds. The molecule has 24 heavy (non-hydrogen) atoms. The van der Waals surface area contributed by atoms with Crippen LogP contribution in [-0.4, -0.2) is 18.1 Å². The predicted octanol–water partition coefficient (Wildman–Crippen LogP) is 4.31. The zero-order chi connectivity index (χ0) is 17.2. The lowest BCUT2D eigenvalue weighted by molar-refractivity contribution is 0.338. The normalized spacial score (nSPS) is 18.0. The van der Waals surface area contributed by atoms with Crippen molar-refractivity contribution in [1.82, 2.24) is 10.3 Å². The maximum atomic E-state index is 6.65. The lowest BCUT2D eigenvalue weighted by Gasteiger charge is -2.25. The fourth-order valence-electron chi connectivity index (χ4n) is 3.63. The number of nitrogens with one attached hydrogen (secondary N) is 1. The number of hydrogen-bond donors (Lipinski definition) is 2. The maximum Gasteiger partial charge on any atom is 0.0708 e. The van der Waals surface area contributed by atoms with Crippen molar-refractivity contribution < 1.29 is 0 Å². The summed E-state index contributed by atoms with van der Waals surface area (Å²) in [5.41, 5.74) is 10.1. The molecule has 2 aromatic rings. The monoisotopic (exact) mass is 325 g/mol. The predicted molar refractivity (Wildman–Crippen MR) is 102 cm³/mol. The highest BCUT2D eigenvalue weighted by molar-refractivity contribution is 5.83. The van der Waals surface area contributed by atoms with E-state index in [0.717, 1.165) is 36.6 Å². The smallest absolute Gasteiger partial charge is 0.0708 e. The molecule has 1 fully saturated rings. The Labute approximate surface area is 146 Å². The van der Waals surface area contributed by atoms with Gasteiger partial charge in [-0.15, -0.1) is 0 Å². The van der Waals surface area contributed by atoms with E-state index in [0.29, 0.717) is 0 Å². The number of pyridine rings is 1. The van der Waals surface area contributed by atoms with Gasteiger partial charge in [-0.2, -0.15) is 0 Å². The Hall–Kier alpha value is -1.45. The molecule has 0 saturated carbocycles. The van der Waals surface area contributed by atoms with Crippen molar-refractivity contribution in [1.29, 1.82) is 0 Å². The molecule has 1 aromatic carbocycles. The third-order valence-electron chi connectivity index (χ3n) is 5.26. The summed E-state index contributed by atoms with van der Waals surface area (Å²) in [6.07, 6.45) is 4.86. The number of nitrogens with two attached hydrogens (primary N) is 1. The van der Waals surface area contributed by atoms with Gasteiger partial charge in [-0.05, 0) is 62.4 Å². The highest BCUT2D eigenvalue weighted by atomic mass is 14.9. The van der Waals surface area contributed by atoms with Crippen LogP contribution in [0.2, 0.25) is 0 Å². The molecule has 1 aliphatic heterocycles. The van der Waals surface area contributed by atoms with E-state index in [9.17, 15) is 0 Å². The van der Waals surface area contributed by atoms with Gasteiger partial charge in [0.15, 0.2) is 0 Å². The Morgan fingerprint density at radius 1 is 1.21 bits per heavy atom. The molecule has 3 heteroatoms. The zero-order valence-electron chi connectivity index (χ0n) is 15.3. The number of piperidine rings is 1. The number of rotatable bonds is 4. The van der Waals surface area contributed by atoms with Gasteiger partial charge in [0, 0.05) is 22.5 Å². The Kier molecular flexibility index (Phi) is 5.21. The van der Waals surface area contributed by atoms with Gasteiger partial charge in [0.25, 0.3) is 0 Å². The second-order valence-corrected chi connectivity index (χ2v) is 8.24. The van der Waals surface area contributed by atoms with E-state index in [2.05, 4.69) is 56.4 Å². The number of nitrogens with zero attached hydrogens (tertiary/aromatic N) is 1. The molecule has 0 radical (unpaired) electrons. The van der Waals surface area contributed by atoms with E-state index in [4.69, 9.17) is 10.7 Å². The van der Waals surface area contributed by atoms with Crippen LogP contribution in [0.15, 0.2) is 30.3 Å². The molecule has 1 unspecified atom stereocenters. The molecule has 3 nitrogen and oxygen atoms in total. The van der Waals surface area contributed by atoms with Crippen molar-refractivity contribution >= 4 is 10.9 Å². The van der Waals surface area contributed by atoms with E-state index >= 15 is 0 Å². The van der Waals surface area contributed by atoms with Crippen LogP contribution < -0.4 is 11.1 Å². The Balaban J connectivity index is 1.85. The average Bonchev–Trinajstić information content (AvgIpc) is 2.59. The van der Waals surface area contributed by atoms with Gasteiger partial charge >= 0.3 is 0 Å². The molecule has 3 rings (SSSR count). The molecular formula is C21H31N3. The van der Waals surface area contributed by atoms with Crippen LogP contribution in [0.25, 0.3) is 10.9 Å². The molecule has 130 valence electrons. The number of benzene rings is 1. The minimum Gasteiger partial charge on any atom is -0.324 e. The summed E-state index contributed by atoms with van der Waals surface area (Å²) in [5.74, 6) is 0.826. The largest absolute Gasteiger partial charge is 0.324 e. The van der Waals surface area contributed by atoms with Crippen molar-refractivity contribution in [3.63, 3.8) is 0 Å². The second kappa shape index (κ2) is 7.20. The van der Waals surface area contributed by atoms with Crippen LogP contribution in [-0.2, 0) is 5.41 Å². The number of aromatic nitrogens is 1. The minimum absolute atomic E-state index is 0.0353. The van der Waals surface area contributed by atoms with Gasteiger partial charge in [-0.1, -0.05) is 39.0 Å². The standard InChI is InChI=1S/C21H31N3/c1-21(2,3)20-14-17(16-6-4-5-7-19(16)24-20)18(22)9-8-15-10-12-23-13-11-15/h4-7,14-15,18,23H,8-13,22H2,1-3H3. The molecule has 0 bridgehead atoms. The molecule has 1 aromatic heterocycles. The summed E-state index contributed by atoms with van der Waals surface area (Å²) in [5, 5.41) is 4.65. The van der Waals surface area contributed by atoms with Crippen molar-refractivity contribution in [3.8, 4) is 0 Å². The first kappa shape index (κ1) is 17.4. The maximum absolute atomic E-state index is 6.65. The van der Waals surface area contributed by atoms with Crippen molar-refractivity contribution in [2.24, 2.45) is 11.7 Å². The van der Waals surface area contributed by atoms with Crippen LogP contribution in [0.3, 0.4) is 0 Å². The molecule has 0 spiro atoms. The second-order valence-electron chi connectivity index (χ2n) is 8.24. The zero-order valence-corrected chi connectivity index (χ0v) is 15.3. The molecule has 1 atom stereocenters. The number of para-hydroxylation sites is 1. The minimum atomic E-state index is 0.0353. The lowest BCUT2D eigenvalue weighted by Crippen LogP contribution is -2.28. The summed E-state index contributed by atoms with van der Waals surface area (Å²) < 4.78 is 0. The van der Waals surface area contributed by atoms with E-state index in [1.165, 1.54) is 30.2 Å². The van der Waals surface area contributed by atoms with Gasteiger partial charge < -0.3 is 11.1 Å². The number of hydrogen-bond acceptors (Lipinski definition) is 3. The van der Waals surface area contributed by atoms with Crippen LogP contribution in [0, 0.1) is 5.92 Å². The molecule has 0 aliphatic carbocycles. The van der Waals surface area contributed by atoms with Gasteiger partial charge in [0.05, 0.1) is 5.52 Å². The summed E-state index contributed by atoms with van der Waals surface area (Å²) in [4.78, 5) is 4.88. The Bertz CT molecular complexity index is 681. The van der Waals surface area contributed by atoms with Gasteiger partial charge in [-0.3, -0.25) is 4.98 Å². The van der Waals surface area contributed by atoms with Crippen molar-refractivity contribution in [3.05, 3.63) is 41.6 Å². The van der Waals surface area contributed by atoms with E-state index in [1.807, 2.05) is 0 Å². The van der Waals surface area contributed by atoms with Crippen LogP contribution in [0.1, 0.15) is 63.8 Å². The first-order chi connectivity index (χ1) is 11.4. The highest BCUT2D eigenvalue weighted by Crippen LogP contribution is 2.31. The van der Waals surface area contributed by atoms with Gasteiger partial charge in [-0.25, -0.2) is 0 Å². The summed E-state index contributed by atoms with van der Waals surface area (Å²) >= 11 is 0. The highest BCUT2D eigenvalue weighted by Gasteiger charge is 2.21. The molecule has 2 heterocycles. The van der Waals surface area contributed by atoms with Crippen LogP contribution in [0.4, 0.5) is 0 Å². The van der Waals surface area contributed by atoms with E-state index in [-0.39, 0.29) is 11.5 Å². The third-order valence-corrected chi connectivity index (χ3v) is 5.26. The van der Waals surface area contributed by atoms with E-state index in [1.54, 1.807) is 0 Å². The SMILES string of the molecule is CC(C)(C)c1cc(C(N)CCC2CCNCC2)c2ccccc2n1. The van der Waals surface area contributed by atoms with Crippen LogP contribution in [0.5, 0.6) is 0 Å². The van der Waals surface area contributed by atoms with Gasteiger partial charge in [0.1, 0.15) is 0 Å². The summed E-state index contributed by atoms with van der Waals surface area (Å²) in [6, 6.07) is 10.8. The quantitative estimate of drug-likeness (QED) is 0.880. The van der Waals surface area contributed by atoms with Crippen molar-refractivity contribution in [2.75, 3.05) is 13.1 Å². The fourth-order valence-corrected chi connectivity index (χ4v) is 3.63. The van der Waals surface area contributed by atoms with Crippen LogP contribution >= 0.6 is 0 Å². The first-order valence-electron chi connectivity index (χ1n) is 9.31. The molecule has 3 N–H and O–H groups in total. The average molecular weight is 325 g/mol. The lowest BCUT2D eigenvalue weighted by atomic mass is 9.86. The molecule has 1 saturated heterocycles. The van der Waals surface area contributed by atoms with E-state index < -0.39 is 0 Å². The summed E-state index contributed by atoms with van der Waals surface area (Å²) in [6.45, 7) is 8.97. The fraction of sp³-hybridized carbons (Fsp3) is 0.571. The Morgan fingerprint density at radius 3 is 2.62 bits per heavy atom. The third kappa shape index (κ3) is 3.96. The number of fused-ring (bicyclic) bond motifs is 1. The first-order valence-corrected chi connectivity index (χ1v) is 9.31. The Morgan fingerprint density at radius 2 is 1.92 bits per heavy atom. The van der Waals surface area contributed by atoms with Crippen molar-refractivity contribution in [2.45, 2.75) is 57.9 Å². The molecule has 1 aliphatic rings.